The highest BCUT2D eigenvalue weighted by atomic mass is 16.4. The highest BCUT2D eigenvalue weighted by molar-refractivity contribution is 5.76. The number of hydrogen-bond acceptors (Lipinski definition) is 3. The lowest BCUT2D eigenvalue weighted by atomic mass is 9.82. The molecule has 2 atom stereocenters. The van der Waals surface area contributed by atoms with E-state index in [9.17, 15) is 9.90 Å². The van der Waals surface area contributed by atoms with Gasteiger partial charge in [-0.3, -0.25) is 4.79 Å². The average molecular weight is 159 g/mol. The van der Waals surface area contributed by atoms with Crippen molar-refractivity contribution in [1.82, 2.24) is 5.32 Å². The fourth-order valence-electron chi connectivity index (χ4n) is 1.43. The fraction of sp³-hybridized carbons (Fsp3) is 0.857. The number of aliphatic hydroxyl groups excluding tert-OH is 1. The van der Waals surface area contributed by atoms with Gasteiger partial charge in [-0.25, -0.2) is 0 Å². The summed E-state index contributed by atoms with van der Waals surface area (Å²) in [6.07, 6.45) is -0.269. The first-order valence-corrected chi connectivity index (χ1v) is 3.72. The van der Waals surface area contributed by atoms with E-state index in [2.05, 4.69) is 5.32 Å². The molecule has 4 heteroatoms. The summed E-state index contributed by atoms with van der Waals surface area (Å²) in [5.41, 5.74) is -0.944. The van der Waals surface area contributed by atoms with Gasteiger partial charge in [-0.05, 0) is 19.9 Å². The normalized spacial score (nSPS) is 33.6. The van der Waals surface area contributed by atoms with E-state index >= 15 is 0 Å². The smallest absolute Gasteiger partial charge is 0.313 e. The summed E-state index contributed by atoms with van der Waals surface area (Å²) >= 11 is 0. The average Bonchev–Trinajstić information content (AvgIpc) is 2.34. The number of aliphatic carboxylic acids is 1. The van der Waals surface area contributed by atoms with Gasteiger partial charge in [0.25, 0.3) is 0 Å². The minimum absolute atomic E-state index is 0.375. The first-order chi connectivity index (χ1) is 5.09. The fourth-order valence-corrected chi connectivity index (χ4v) is 1.43. The zero-order chi connectivity index (χ0) is 8.48. The lowest BCUT2D eigenvalue weighted by Gasteiger charge is -2.25. The molecule has 0 amide bonds. The Morgan fingerprint density at radius 1 is 1.73 bits per heavy atom. The molecule has 0 aliphatic carbocycles. The molecular weight excluding hydrogens is 146 g/mol. The first-order valence-electron chi connectivity index (χ1n) is 3.72. The Morgan fingerprint density at radius 3 is 2.55 bits per heavy atom. The lowest BCUT2D eigenvalue weighted by molar-refractivity contribution is -0.154. The summed E-state index contributed by atoms with van der Waals surface area (Å²) in [5, 5.41) is 21.0. The van der Waals surface area contributed by atoms with Crippen molar-refractivity contribution in [2.45, 2.75) is 19.4 Å². The van der Waals surface area contributed by atoms with Gasteiger partial charge in [-0.15, -0.1) is 0 Å². The molecular formula is C7H13NO3. The standard InChI is InChI=1S/C7H13NO3/c1-5(9)7(6(10)11)2-3-8-4-7/h5,8-9H,2-4H2,1H3,(H,10,11). The minimum Gasteiger partial charge on any atom is -0.481 e. The van der Waals surface area contributed by atoms with Crippen molar-refractivity contribution in [2.75, 3.05) is 13.1 Å². The highest BCUT2D eigenvalue weighted by Gasteiger charge is 2.45. The van der Waals surface area contributed by atoms with Crippen molar-refractivity contribution in [3.63, 3.8) is 0 Å². The second-order valence-corrected chi connectivity index (χ2v) is 3.06. The van der Waals surface area contributed by atoms with E-state index in [0.29, 0.717) is 19.5 Å². The van der Waals surface area contributed by atoms with Gasteiger partial charge in [0.1, 0.15) is 5.41 Å². The van der Waals surface area contributed by atoms with Crippen LogP contribution in [-0.2, 0) is 4.79 Å². The molecule has 0 radical (unpaired) electrons. The van der Waals surface area contributed by atoms with Gasteiger partial charge in [0.15, 0.2) is 0 Å². The molecule has 11 heavy (non-hydrogen) atoms. The van der Waals surface area contributed by atoms with Crippen molar-refractivity contribution in [1.29, 1.82) is 0 Å². The Hall–Kier alpha value is -0.610. The van der Waals surface area contributed by atoms with Gasteiger partial charge in [0, 0.05) is 6.54 Å². The van der Waals surface area contributed by atoms with Crippen LogP contribution >= 0.6 is 0 Å². The number of nitrogens with one attached hydrogen (secondary N) is 1. The maximum absolute atomic E-state index is 10.8. The predicted molar refractivity (Wildman–Crippen MR) is 39.2 cm³/mol. The predicted octanol–water partition coefficient (Wildman–Crippen LogP) is -0.568. The van der Waals surface area contributed by atoms with E-state index in [1.54, 1.807) is 0 Å². The molecule has 0 aromatic rings. The number of carbonyl (C=O) groups is 1. The van der Waals surface area contributed by atoms with E-state index in [1.807, 2.05) is 0 Å². The van der Waals surface area contributed by atoms with E-state index in [4.69, 9.17) is 5.11 Å². The van der Waals surface area contributed by atoms with Gasteiger partial charge >= 0.3 is 5.97 Å². The molecule has 1 aliphatic rings. The second kappa shape index (κ2) is 2.79. The Kier molecular flexibility index (Phi) is 2.15. The monoisotopic (exact) mass is 159 g/mol. The summed E-state index contributed by atoms with van der Waals surface area (Å²) in [7, 11) is 0. The van der Waals surface area contributed by atoms with Crippen molar-refractivity contribution in [3.8, 4) is 0 Å². The van der Waals surface area contributed by atoms with Gasteiger partial charge in [-0.1, -0.05) is 0 Å². The van der Waals surface area contributed by atoms with E-state index in [1.165, 1.54) is 6.92 Å². The number of rotatable bonds is 2. The van der Waals surface area contributed by atoms with Crippen LogP contribution in [0, 0.1) is 5.41 Å². The molecule has 2 unspecified atom stereocenters. The molecule has 1 fully saturated rings. The lowest BCUT2D eigenvalue weighted by Crippen LogP contribution is -2.42. The summed E-state index contributed by atoms with van der Waals surface area (Å²) in [6, 6.07) is 0. The molecule has 1 saturated heterocycles. The molecule has 0 bridgehead atoms. The number of carboxylic acids is 1. The molecule has 1 heterocycles. The van der Waals surface area contributed by atoms with Crippen molar-refractivity contribution in [2.24, 2.45) is 5.41 Å². The third kappa shape index (κ3) is 1.23. The van der Waals surface area contributed by atoms with E-state index in [-0.39, 0.29) is 0 Å². The molecule has 0 aromatic heterocycles. The number of carboxylic acid groups (broad SMARTS) is 1. The third-order valence-electron chi connectivity index (χ3n) is 2.41. The maximum Gasteiger partial charge on any atom is 0.313 e. The van der Waals surface area contributed by atoms with Gasteiger partial charge < -0.3 is 15.5 Å². The largest absolute Gasteiger partial charge is 0.481 e. The summed E-state index contributed by atoms with van der Waals surface area (Å²) < 4.78 is 0. The zero-order valence-electron chi connectivity index (χ0n) is 6.50. The maximum atomic E-state index is 10.8. The van der Waals surface area contributed by atoms with Crippen LogP contribution in [0.1, 0.15) is 13.3 Å². The molecule has 1 aliphatic heterocycles. The van der Waals surface area contributed by atoms with Gasteiger partial charge in [0.05, 0.1) is 6.10 Å². The molecule has 0 aromatic carbocycles. The van der Waals surface area contributed by atoms with Crippen LogP contribution in [-0.4, -0.2) is 35.4 Å². The summed E-state index contributed by atoms with van der Waals surface area (Å²) in [6.45, 7) is 2.58. The molecule has 3 N–H and O–H groups in total. The van der Waals surface area contributed by atoms with E-state index < -0.39 is 17.5 Å². The van der Waals surface area contributed by atoms with Crippen LogP contribution in [0.15, 0.2) is 0 Å². The Morgan fingerprint density at radius 2 is 2.36 bits per heavy atom. The van der Waals surface area contributed by atoms with Crippen LogP contribution in [0.5, 0.6) is 0 Å². The highest BCUT2D eigenvalue weighted by Crippen LogP contribution is 2.29. The molecule has 0 spiro atoms. The molecule has 0 saturated carbocycles. The molecule has 64 valence electrons. The Balaban J connectivity index is 2.79. The van der Waals surface area contributed by atoms with Crippen LogP contribution in [0.2, 0.25) is 0 Å². The quantitative estimate of drug-likeness (QED) is 0.504. The summed E-state index contributed by atoms with van der Waals surface area (Å²) in [4.78, 5) is 10.8. The summed E-state index contributed by atoms with van der Waals surface area (Å²) in [5.74, 6) is -0.905. The van der Waals surface area contributed by atoms with Crippen molar-refractivity contribution >= 4 is 5.97 Å². The molecule has 4 nitrogen and oxygen atoms in total. The Bertz CT molecular complexity index is 161. The number of hydrogen-bond donors (Lipinski definition) is 3. The minimum atomic E-state index is -0.944. The van der Waals surface area contributed by atoms with Crippen LogP contribution in [0.25, 0.3) is 0 Å². The van der Waals surface area contributed by atoms with Gasteiger partial charge in [0.2, 0.25) is 0 Å². The number of aliphatic hydroxyl groups is 1. The molecule has 1 rings (SSSR count). The SMILES string of the molecule is CC(O)C1(C(=O)O)CCNC1. The van der Waals surface area contributed by atoms with Gasteiger partial charge in [-0.2, -0.15) is 0 Å². The van der Waals surface area contributed by atoms with Crippen molar-refractivity contribution < 1.29 is 15.0 Å². The van der Waals surface area contributed by atoms with E-state index in [0.717, 1.165) is 0 Å². The topological polar surface area (TPSA) is 69.6 Å². The first kappa shape index (κ1) is 8.49. The van der Waals surface area contributed by atoms with Crippen LogP contribution < -0.4 is 5.32 Å². The second-order valence-electron chi connectivity index (χ2n) is 3.06. The van der Waals surface area contributed by atoms with Crippen LogP contribution in [0.3, 0.4) is 0 Å². The third-order valence-corrected chi connectivity index (χ3v) is 2.41. The van der Waals surface area contributed by atoms with Crippen LogP contribution in [0.4, 0.5) is 0 Å². The zero-order valence-corrected chi connectivity index (χ0v) is 6.50. The Labute approximate surface area is 65.2 Å². The van der Waals surface area contributed by atoms with Crippen molar-refractivity contribution in [3.05, 3.63) is 0 Å².